The van der Waals surface area contributed by atoms with Crippen LogP contribution in [0, 0.1) is 6.92 Å². The zero-order valence-electron chi connectivity index (χ0n) is 11.8. The number of nitrogens with zero attached hydrogens (tertiary/aromatic N) is 2. The molecular formula is C14H19N5O. The number of amides is 2. The van der Waals surface area contributed by atoms with E-state index in [1.54, 1.807) is 10.7 Å². The molecule has 1 unspecified atom stereocenters. The fourth-order valence-electron chi connectivity index (χ4n) is 1.77. The molecule has 0 spiro atoms. The SMILES string of the molecule is Cc1cc(NC(=O)Nc2ccc(C(C)N)cc2)nn1C. The standard InChI is InChI=1S/C14H19N5O/c1-9-8-13(18-19(9)3)17-14(20)16-12-6-4-11(5-7-12)10(2)15/h4-8,10H,15H2,1-3H3,(H2,16,17,18,20). The molecule has 4 N–H and O–H groups in total. The minimum Gasteiger partial charge on any atom is -0.324 e. The Morgan fingerprint density at radius 1 is 1.30 bits per heavy atom. The van der Waals surface area contributed by atoms with Gasteiger partial charge in [0.25, 0.3) is 0 Å². The lowest BCUT2D eigenvalue weighted by molar-refractivity contribution is 0.262. The summed E-state index contributed by atoms with van der Waals surface area (Å²) >= 11 is 0. The second-order valence-corrected chi connectivity index (χ2v) is 4.78. The van der Waals surface area contributed by atoms with Crippen LogP contribution in [-0.4, -0.2) is 15.8 Å². The Morgan fingerprint density at radius 2 is 1.95 bits per heavy atom. The summed E-state index contributed by atoms with van der Waals surface area (Å²) in [5.41, 5.74) is 8.48. The third-order valence-electron chi connectivity index (χ3n) is 3.05. The van der Waals surface area contributed by atoms with Gasteiger partial charge in [0.1, 0.15) is 0 Å². The lowest BCUT2D eigenvalue weighted by Gasteiger charge is -2.08. The lowest BCUT2D eigenvalue weighted by Crippen LogP contribution is -2.19. The van der Waals surface area contributed by atoms with E-state index in [9.17, 15) is 4.79 Å². The Labute approximate surface area is 118 Å². The van der Waals surface area contributed by atoms with E-state index in [2.05, 4.69) is 15.7 Å². The van der Waals surface area contributed by atoms with Crippen LogP contribution in [0.15, 0.2) is 30.3 Å². The van der Waals surface area contributed by atoms with Crippen LogP contribution < -0.4 is 16.4 Å². The van der Waals surface area contributed by atoms with Gasteiger partial charge in [-0.3, -0.25) is 10.00 Å². The number of nitrogens with one attached hydrogen (secondary N) is 2. The summed E-state index contributed by atoms with van der Waals surface area (Å²) in [6.07, 6.45) is 0. The molecule has 2 rings (SSSR count). The van der Waals surface area contributed by atoms with Crippen molar-refractivity contribution in [3.8, 4) is 0 Å². The van der Waals surface area contributed by atoms with E-state index >= 15 is 0 Å². The Hall–Kier alpha value is -2.34. The van der Waals surface area contributed by atoms with Gasteiger partial charge >= 0.3 is 6.03 Å². The molecule has 0 radical (unpaired) electrons. The number of nitrogens with two attached hydrogens (primary N) is 1. The average molecular weight is 273 g/mol. The van der Waals surface area contributed by atoms with Crippen molar-refractivity contribution in [3.63, 3.8) is 0 Å². The molecule has 0 aliphatic heterocycles. The quantitative estimate of drug-likeness (QED) is 0.802. The number of benzene rings is 1. The topological polar surface area (TPSA) is 85.0 Å². The van der Waals surface area contributed by atoms with Gasteiger partial charge in [-0.15, -0.1) is 0 Å². The molecule has 0 saturated heterocycles. The predicted molar refractivity (Wildman–Crippen MR) is 79.6 cm³/mol. The lowest BCUT2D eigenvalue weighted by atomic mass is 10.1. The van der Waals surface area contributed by atoms with Crippen LogP contribution in [0.4, 0.5) is 16.3 Å². The van der Waals surface area contributed by atoms with Crippen LogP contribution in [0.25, 0.3) is 0 Å². The summed E-state index contributed by atoms with van der Waals surface area (Å²) in [4.78, 5) is 11.8. The largest absolute Gasteiger partial charge is 0.324 e. The Bertz CT molecular complexity index is 581. The van der Waals surface area contributed by atoms with Crippen molar-refractivity contribution in [2.75, 3.05) is 10.6 Å². The average Bonchev–Trinajstić information content (AvgIpc) is 2.68. The second-order valence-electron chi connectivity index (χ2n) is 4.78. The van der Waals surface area contributed by atoms with Crippen molar-refractivity contribution in [1.29, 1.82) is 0 Å². The van der Waals surface area contributed by atoms with E-state index in [1.165, 1.54) is 0 Å². The summed E-state index contributed by atoms with van der Waals surface area (Å²) in [6, 6.07) is 8.89. The number of anilines is 2. The Balaban J connectivity index is 1.97. The molecule has 0 fully saturated rings. The van der Waals surface area contributed by atoms with Crippen molar-refractivity contribution >= 4 is 17.5 Å². The number of hydrogen-bond acceptors (Lipinski definition) is 3. The highest BCUT2D eigenvalue weighted by molar-refractivity contribution is 5.99. The molecule has 1 heterocycles. The Kier molecular flexibility index (Phi) is 4.05. The molecule has 0 aliphatic carbocycles. The number of rotatable bonds is 3. The molecule has 1 aromatic carbocycles. The monoisotopic (exact) mass is 273 g/mol. The molecule has 0 saturated carbocycles. The van der Waals surface area contributed by atoms with Crippen LogP contribution in [0.2, 0.25) is 0 Å². The molecule has 2 amide bonds. The fourth-order valence-corrected chi connectivity index (χ4v) is 1.77. The van der Waals surface area contributed by atoms with Gasteiger partial charge in [-0.2, -0.15) is 5.10 Å². The van der Waals surface area contributed by atoms with Gasteiger partial charge in [-0.05, 0) is 31.5 Å². The minimum atomic E-state index is -0.323. The molecule has 20 heavy (non-hydrogen) atoms. The summed E-state index contributed by atoms with van der Waals surface area (Å²) in [5.74, 6) is 0.523. The first kappa shape index (κ1) is 14.1. The van der Waals surface area contributed by atoms with E-state index in [1.807, 2.05) is 45.2 Å². The van der Waals surface area contributed by atoms with Gasteiger partial charge < -0.3 is 11.1 Å². The number of carbonyl (C=O) groups excluding carboxylic acids is 1. The molecule has 0 aliphatic rings. The summed E-state index contributed by atoms with van der Waals surface area (Å²) < 4.78 is 1.70. The highest BCUT2D eigenvalue weighted by Gasteiger charge is 2.07. The first-order chi connectivity index (χ1) is 9.45. The van der Waals surface area contributed by atoms with E-state index in [-0.39, 0.29) is 12.1 Å². The highest BCUT2D eigenvalue weighted by atomic mass is 16.2. The van der Waals surface area contributed by atoms with Gasteiger partial charge in [0.05, 0.1) is 0 Å². The zero-order valence-corrected chi connectivity index (χ0v) is 11.8. The molecule has 6 heteroatoms. The van der Waals surface area contributed by atoms with E-state index in [0.717, 1.165) is 11.3 Å². The van der Waals surface area contributed by atoms with Crippen molar-refractivity contribution in [3.05, 3.63) is 41.6 Å². The number of carbonyl (C=O) groups is 1. The van der Waals surface area contributed by atoms with Gasteiger partial charge in [-0.25, -0.2) is 4.79 Å². The van der Waals surface area contributed by atoms with Crippen LogP contribution in [0.3, 0.4) is 0 Å². The maximum absolute atomic E-state index is 11.8. The van der Waals surface area contributed by atoms with Gasteiger partial charge in [0.2, 0.25) is 0 Å². The van der Waals surface area contributed by atoms with Crippen molar-refractivity contribution in [2.45, 2.75) is 19.9 Å². The maximum Gasteiger partial charge on any atom is 0.324 e. The minimum absolute atomic E-state index is 0.0191. The van der Waals surface area contributed by atoms with Crippen LogP contribution in [0.5, 0.6) is 0 Å². The first-order valence-electron chi connectivity index (χ1n) is 6.40. The first-order valence-corrected chi connectivity index (χ1v) is 6.40. The molecule has 106 valence electrons. The van der Waals surface area contributed by atoms with Crippen molar-refractivity contribution in [1.82, 2.24) is 9.78 Å². The maximum atomic E-state index is 11.8. The molecule has 0 bridgehead atoms. The van der Waals surface area contributed by atoms with E-state index in [4.69, 9.17) is 5.73 Å². The third kappa shape index (κ3) is 3.36. The second kappa shape index (κ2) is 5.75. The summed E-state index contributed by atoms with van der Waals surface area (Å²) in [5, 5.41) is 9.59. The molecular weight excluding hydrogens is 254 g/mol. The smallest absolute Gasteiger partial charge is 0.324 e. The van der Waals surface area contributed by atoms with Crippen LogP contribution in [-0.2, 0) is 7.05 Å². The number of urea groups is 1. The van der Waals surface area contributed by atoms with Crippen molar-refractivity contribution < 1.29 is 4.79 Å². The van der Waals surface area contributed by atoms with Crippen LogP contribution in [0.1, 0.15) is 24.2 Å². The van der Waals surface area contributed by atoms with E-state index < -0.39 is 0 Å². The van der Waals surface area contributed by atoms with E-state index in [0.29, 0.717) is 11.5 Å². The van der Waals surface area contributed by atoms with Gasteiger partial charge in [0.15, 0.2) is 5.82 Å². The number of aryl methyl sites for hydroxylation is 2. The summed E-state index contributed by atoms with van der Waals surface area (Å²) in [7, 11) is 1.82. The fraction of sp³-hybridized carbons (Fsp3) is 0.286. The number of hydrogen-bond donors (Lipinski definition) is 3. The molecule has 1 aromatic heterocycles. The van der Waals surface area contributed by atoms with Gasteiger partial charge in [0, 0.05) is 30.5 Å². The summed E-state index contributed by atoms with van der Waals surface area (Å²) in [6.45, 7) is 3.83. The molecule has 2 aromatic rings. The molecule has 6 nitrogen and oxygen atoms in total. The van der Waals surface area contributed by atoms with Gasteiger partial charge in [-0.1, -0.05) is 12.1 Å². The number of aromatic nitrogens is 2. The third-order valence-corrected chi connectivity index (χ3v) is 3.05. The molecule has 1 atom stereocenters. The van der Waals surface area contributed by atoms with Crippen LogP contribution >= 0.6 is 0 Å². The Morgan fingerprint density at radius 3 is 2.45 bits per heavy atom. The van der Waals surface area contributed by atoms with Crippen molar-refractivity contribution in [2.24, 2.45) is 12.8 Å². The normalized spacial score (nSPS) is 12.0. The predicted octanol–water partition coefficient (Wildman–Crippen LogP) is 2.39. The highest BCUT2D eigenvalue weighted by Crippen LogP contribution is 2.14. The zero-order chi connectivity index (χ0) is 14.7.